The van der Waals surface area contributed by atoms with Crippen LogP contribution in [0, 0.1) is 13.8 Å². The molecule has 2 aromatic heterocycles. The fourth-order valence-corrected chi connectivity index (χ4v) is 2.75. The van der Waals surface area contributed by atoms with Gasteiger partial charge in [-0.15, -0.1) is 0 Å². The van der Waals surface area contributed by atoms with Crippen LogP contribution in [-0.2, 0) is 0 Å². The van der Waals surface area contributed by atoms with Gasteiger partial charge in [0, 0.05) is 18.5 Å². The summed E-state index contributed by atoms with van der Waals surface area (Å²) in [6.45, 7) is 4.00. The Morgan fingerprint density at radius 1 is 0.917 bits per heavy atom. The van der Waals surface area contributed by atoms with Gasteiger partial charge in [-0.25, -0.2) is 15.0 Å². The highest BCUT2D eigenvalue weighted by molar-refractivity contribution is 5.78. The molecule has 24 heavy (non-hydrogen) atoms. The lowest BCUT2D eigenvalue weighted by atomic mass is 10.2. The van der Waals surface area contributed by atoms with Gasteiger partial charge in [-0.05, 0) is 43.7 Å². The van der Waals surface area contributed by atoms with Crippen LogP contribution in [0.25, 0.3) is 16.7 Å². The largest absolute Gasteiger partial charge is 0.424 e. The third-order valence-corrected chi connectivity index (χ3v) is 3.90. The molecule has 0 radical (unpaired) electrons. The van der Waals surface area contributed by atoms with E-state index in [1.165, 1.54) is 0 Å². The first kappa shape index (κ1) is 14.4. The molecule has 118 valence electrons. The molecule has 5 nitrogen and oxygen atoms in total. The summed E-state index contributed by atoms with van der Waals surface area (Å²) in [6.07, 6.45) is 3.32. The van der Waals surface area contributed by atoms with E-state index in [2.05, 4.69) is 31.7 Å². The molecule has 4 rings (SSSR count). The second kappa shape index (κ2) is 5.77. The Labute approximate surface area is 139 Å². The third kappa shape index (κ3) is 2.50. The molecular formula is C19H16N4O. The normalized spacial score (nSPS) is 10.9. The van der Waals surface area contributed by atoms with Crippen LogP contribution < -0.4 is 4.74 Å². The summed E-state index contributed by atoms with van der Waals surface area (Å²) in [5.74, 6) is 1.66. The van der Waals surface area contributed by atoms with Gasteiger partial charge in [0.05, 0.1) is 16.7 Å². The molecule has 2 aromatic carbocycles. The lowest BCUT2D eigenvalue weighted by Crippen LogP contribution is -1.99. The molecule has 0 spiro atoms. The van der Waals surface area contributed by atoms with Crippen molar-refractivity contribution in [3.05, 3.63) is 72.3 Å². The van der Waals surface area contributed by atoms with Crippen molar-refractivity contribution in [1.82, 2.24) is 19.5 Å². The highest BCUT2D eigenvalue weighted by Gasteiger charge is 2.11. The van der Waals surface area contributed by atoms with E-state index < -0.39 is 0 Å². The fourth-order valence-electron chi connectivity index (χ4n) is 2.75. The van der Waals surface area contributed by atoms with Gasteiger partial charge in [0.25, 0.3) is 0 Å². The van der Waals surface area contributed by atoms with Crippen LogP contribution in [0.15, 0.2) is 60.9 Å². The lowest BCUT2D eigenvalue weighted by Gasteiger charge is -2.11. The van der Waals surface area contributed by atoms with Gasteiger partial charge in [0.2, 0.25) is 0 Å². The number of rotatable bonds is 3. The molecule has 0 aliphatic heterocycles. The Bertz CT molecular complexity index is 1010. The number of imidazole rings is 1. The molecule has 0 atom stereocenters. The van der Waals surface area contributed by atoms with Gasteiger partial charge < -0.3 is 4.74 Å². The van der Waals surface area contributed by atoms with E-state index in [9.17, 15) is 0 Å². The van der Waals surface area contributed by atoms with E-state index in [1.54, 1.807) is 18.5 Å². The van der Waals surface area contributed by atoms with Crippen LogP contribution in [0.1, 0.15) is 11.4 Å². The second-order valence-corrected chi connectivity index (χ2v) is 5.57. The SMILES string of the molecule is Cc1ccc(-n2c(C)nc3ccccc32)cc1Oc1ncccn1. The molecule has 0 fully saturated rings. The van der Waals surface area contributed by atoms with Crippen molar-refractivity contribution in [3.8, 4) is 17.4 Å². The zero-order valence-corrected chi connectivity index (χ0v) is 13.5. The average molecular weight is 316 g/mol. The first-order chi connectivity index (χ1) is 11.7. The minimum Gasteiger partial charge on any atom is -0.424 e. The first-order valence-corrected chi connectivity index (χ1v) is 7.72. The third-order valence-electron chi connectivity index (χ3n) is 3.90. The van der Waals surface area contributed by atoms with E-state index in [0.29, 0.717) is 6.01 Å². The maximum Gasteiger partial charge on any atom is 0.321 e. The predicted molar refractivity (Wildman–Crippen MR) is 92.7 cm³/mol. The Balaban J connectivity index is 1.82. The highest BCUT2D eigenvalue weighted by atomic mass is 16.5. The predicted octanol–water partition coefficient (Wildman–Crippen LogP) is 4.22. The summed E-state index contributed by atoms with van der Waals surface area (Å²) in [5.41, 5.74) is 4.07. The van der Waals surface area contributed by atoms with E-state index in [4.69, 9.17) is 4.74 Å². The van der Waals surface area contributed by atoms with Gasteiger partial charge in [-0.2, -0.15) is 0 Å². The van der Waals surface area contributed by atoms with Crippen LogP contribution in [0.4, 0.5) is 0 Å². The number of hydrogen-bond acceptors (Lipinski definition) is 4. The molecule has 2 heterocycles. The number of benzene rings is 2. The van der Waals surface area contributed by atoms with Crippen molar-refractivity contribution < 1.29 is 4.74 Å². The van der Waals surface area contributed by atoms with E-state index in [0.717, 1.165) is 33.9 Å². The number of hydrogen-bond donors (Lipinski definition) is 0. The summed E-state index contributed by atoms with van der Waals surface area (Å²) in [7, 11) is 0. The van der Waals surface area contributed by atoms with Gasteiger partial charge in [-0.3, -0.25) is 4.57 Å². The molecule has 0 aliphatic rings. The Kier molecular flexibility index (Phi) is 3.46. The van der Waals surface area contributed by atoms with Crippen LogP contribution in [0.3, 0.4) is 0 Å². The summed E-state index contributed by atoms with van der Waals surface area (Å²) >= 11 is 0. The van der Waals surface area contributed by atoms with E-state index >= 15 is 0 Å². The van der Waals surface area contributed by atoms with Crippen molar-refractivity contribution in [3.63, 3.8) is 0 Å². The maximum atomic E-state index is 5.84. The smallest absolute Gasteiger partial charge is 0.321 e. The number of aryl methyl sites for hydroxylation is 2. The van der Waals surface area contributed by atoms with Crippen molar-refractivity contribution in [1.29, 1.82) is 0 Å². The zero-order valence-electron chi connectivity index (χ0n) is 13.5. The summed E-state index contributed by atoms with van der Waals surface area (Å²) < 4.78 is 7.96. The minimum atomic E-state index is 0.338. The number of aromatic nitrogens is 4. The topological polar surface area (TPSA) is 52.8 Å². The highest BCUT2D eigenvalue weighted by Crippen LogP contribution is 2.28. The van der Waals surface area contributed by atoms with Crippen molar-refractivity contribution in [2.75, 3.05) is 0 Å². The van der Waals surface area contributed by atoms with Crippen molar-refractivity contribution >= 4 is 11.0 Å². The molecule has 5 heteroatoms. The number of ether oxygens (including phenoxy) is 1. The van der Waals surface area contributed by atoms with Crippen molar-refractivity contribution in [2.45, 2.75) is 13.8 Å². The molecule has 0 bridgehead atoms. The van der Waals surface area contributed by atoms with Crippen LogP contribution in [0.5, 0.6) is 11.8 Å². The van der Waals surface area contributed by atoms with Gasteiger partial charge in [0.15, 0.2) is 0 Å². The summed E-state index contributed by atoms with van der Waals surface area (Å²) in [5, 5.41) is 0. The monoisotopic (exact) mass is 316 g/mol. The molecule has 0 amide bonds. The molecule has 0 N–H and O–H groups in total. The standard InChI is InChI=1S/C19H16N4O/c1-13-8-9-15(12-18(13)24-19-20-10-5-11-21-19)23-14(2)22-16-6-3-4-7-17(16)23/h3-12H,1-2H3. The fraction of sp³-hybridized carbons (Fsp3) is 0.105. The Morgan fingerprint density at radius 3 is 2.54 bits per heavy atom. The van der Waals surface area contributed by atoms with Crippen LogP contribution >= 0.6 is 0 Å². The second-order valence-electron chi connectivity index (χ2n) is 5.57. The van der Waals surface area contributed by atoms with Crippen LogP contribution in [-0.4, -0.2) is 19.5 Å². The maximum absolute atomic E-state index is 5.84. The summed E-state index contributed by atoms with van der Waals surface area (Å²) in [4.78, 5) is 12.9. The number of fused-ring (bicyclic) bond motifs is 1. The molecular weight excluding hydrogens is 300 g/mol. The quantitative estimate of drug-likeness (QED) is 0.568. The first-order valence-electron chi connectivity index (χ1n) is 7.72. The molecule has 0 saturated heterocycles. The molecule has 0 aliphatic carbocycles. The Hall–Kier alpha value is -3.21. The number of para-hydroxylation sites is 2. The molecule has 0 saturated carbocycles. The van der Waals surface area contributed by atoms with Gasteiger partial charge >= 0.3 is 6.01 Å². The minimum absolute atomic E-state index is 0.338. The number of nitrogens with zero attached hydrogens (tertiary/aromatic N) is 4. The van der Waals surface area contributed by atoms with Crippen LogP contribution in [0.2, 0.25) is 0 Å². The summed E-state index contributed by atoms with van der Waals surface area (Å²) in [6, 6.07) is 16.3. The van der Waals surface area contributed by atoms with E-state index in [1.807, 2.05) is 44.2 Å². The lowest BCUT2D eigenvalue weighted by molar-refractivity contribution is 0.438. The Morgan fingerprint density at radius 2 is 1.71 bits per heavy atom. The average Bonchev–Trinajstić information content (AvgIpc) is 2.94. The molecule has 0 unspecified atom stereocenters. The molecule has 4 aromatic rings. The zero-order chi connectivity index (χ0) is 16.5. The van der Waals surface area contributed by atoms with Gasteiger partial charge in [-0.1, -0.05) is 18.2 Å². The van der Waals surface area contributed by atoms with Crippen molar-refractivity contribution in [2.24, 2.45) is 0 Å². The van der Waals surface area contributed by atoms with Gasteiger partial charge in [0.1, 0.15) is 11.6 Å². The van der Waals surface area contributed by atoms with E-state index in [-0.39, 0.29) is 0 Å².